The number of rotatable bonds is 3. The van der Waals surface area contributed by atoms with Gasteiger partial charge in [0.25, 0.3) is 5.56 Å². The summed E-state index contributed by atoms with van der Waals surface area (Å²) < 4.78 is 1.69. The zero-order valence-corrected chi connectivity index (χ0v) is 12.9. The lowest BCUT2D eigenvalue weighted by Gasteiger charge is -2.32. The predicted molar refractivity (Wildman–Crippen MR) is 80.7 cm³/mol. The van der Waals surface area contributed by atoms with Gasteiger partial charge in [-0.2, -0.15) is 0 Å². The van der Waals surface area contributed by atoms with Gasteiger partial charge < -0.3 is 14.6 Å². The summed E-state index contributed by atoms with van der Waals surface area (Å²) in [5, 5.41) is 8.84. The Kier molecular flexibility index (Phi) is 4.34. The Balaban J connectivity index is 2.14. The smallest absolute Gasteiger partial charge is 0.303 e. The third-order valence-corrected chi connectivity index (χ3v) is 3.92. The van der Waals surface area contributed by atoms with Crippen LogP contribution in [0.25, 0.3) is 0 Å². The van der Waals surface area contributed by atoms with E-state index >= 15 is 0 Å². The van der Waals surface area contributed by atoms with Crippen molar-refractivity contribution in [3.05, 3.63) is 22.7 Å². The van der Waals surface area contributed by atoms with Crippen LogP contribution >= 0.6 is 0 Å². The Hall–Kier alpha value is -1.85. The first-order valence-electron chi connectivity index (χ1n) is 7.34. The van der Waals surface area contributed by atoms with Crippen LogP contribution in [0.4, 0.5) is 5.82 Å². The molecule has 0 atom stereocenters. The molecule has 6 nitrogen and oxygen atoms in total. The Morgan fingerprint density at radius 2 is 2.00 bits per heavy atom. The molecule has 1 aliphatic rings. The van der Waals surface area contributed by atoms with Crippen molar-refractivity contribution >= 4 is 11.8 Å². The molecule has 1 N–H and O–H groups in total. The largest absolute Gasteiger partial charge is 0.481 e. The highest BCUT2D eigenvalue weighted by Crippen LogP contribution is 2.22. The summed E-state index contributed by atoms with van der Waals surface area (Å²) >= 11 is 0. The number of hydrogen-bond donors (Lipinski definition) is 1. The maximum Gasteiger partial charge on any atom is 0.303 e. The molecule has 1 saturated heterocycles. The summed E-state index contributed by atoms with van der Waals surface area (Å²) in [5.41, 5.74) is -0.363. The van der Waals surface area contributed by atoms with E-state index in [1.807, 2.05) is 25.7 Å². The summed E-state index contributed by atoms with van der Waals surface area (Å²) in [5.74, 6) is -0.0742. The van der Waals surface area contributed by atoms with Gasteiger partial charge in [-0.1, -0.05) is 0 Å². The molecule has 0 spiro atoms. The maximum absolute atomic E-state index is 12.5. The van der Waals surface area contributed by atoms with Crippen LogP contribution in [0.3, 0.4) is 0 Å². The molecule has 2 heterocycles. The van der Waals surface area contributed by atoms with Gasteiger partial charge in [-0.15, -0.1) is 0 Å². The lowest BCUT2D eigenvalue weighted by Crippen LogP contribution is -2.42. The maximum atomic E-state index is 12.5. The van der Waals surface area contributed by atoms with E-state index in [1.54, 1.807) is 17.0 Å². The van der Waals surface area contributed by atoms with Crippen LogP contribution < -0.4 is 10.5 Å². The lowest BCUT2D eigenvalue weighted by molar-refractivity contribution is -0.138. The third kappa shape index (κ3) is 3.62. The Morgan fingerprint density at radius 3 is 2.52 bits per heavy atom. The van der Waals surface area contributed by atoms with Crippen LogP contribution in [0.2, 0.25) is 0 Å². The molecule has 2 rings (SSSR count). The molecule has 1 aromatic heterocycles. The number of anilines is 1. The number of carboxylic acids is 1. The van der Waals surface area contributed by atoms with Gasteiger partial charge in [0.05, 0.1) is 0 Å². The van der Waals surface area contributed by atoms with E-state index in [1.165, 1.54) is 0 Å². The molecule has 0 aliphatic carbocycles. The normalized spacial score (nSPS) is 17.0. The first-order valence-corrected chi connectivity index (χ1v) is 7.34. The van der Waals surface area contributed by atoms with Gasteiger partial charge in [0, 0.05) is 37.4 Å². The summed E-state index contributed by atoms with van der Waals surface area (Å²) in [6, 6.07) is 0. The number of carboxylic acid groups (broad SMARTS) is 1. The first-order chi connectivity index (χ1) is 9.79. The molecule has 1 aliphatic heterocycles. The van der Waals surface area contributed by atoms with Gasteiger partial charge in [0.15, 0.2) is 5.82 Å². The van der Waals surface area contributed by atoms with Gasteiger partial charge in [0.1, 0.15) is 0 Å². The van der Waals surface area contributed by atoms with Crippen LogP contribution in [0.1, 0.15) is 40.0 Å². The van der Waals surface area contributed by atoms with E-state index in [2.05, 4.69) is 4.98 Å². The molecule has 116 valence electrons. The van der Waals surface area contributed by atoms with Gasteiger partial charge in [-0.25, -0.2) is 4.98 Å². The fraction of sp³-hybridized carbons (Fsp3) is 0.667. The van der Waals surface area contributed by atoms with Crippen molar-refractivity contribution < 1.29 is 9.90 Å². The Bertz CT molecular complexity index is 566. The van der Waals surface area contributed by atoms with Crippen molar-refractivity contribution in [2.75, 3.05) is 18.0 Å². The number of carbonyl (C=O) groups is 1. The highest BCUT2D eigenvalue weighted by atomic mass is 16.4. The highest BCUT2D eigenvalue weighted by molar-refractivity contribution is 5.67. The number of hydrogen-bond acceptors (Lipinski definition) is 4. The molecule has 6 heteroatoms. The second-order valence-electron chi connectivity index (χ2n) is 6.63. The molecule has 0 bridgehead atoms. The van der Waals surface area contributed by atoms with Crippen LogP contribution in [0.15, 0.2) is 17.2 Å². The zero-order valence-electron chi connectivity index (χ0n) is 12.9. The number of piperidine rings is 1. The summed E-state index contributed by atoms with van der Waals surface area (Å²) in [7, 11) is 0. The fourth-order valence-electron chi connectivity index (χ4n) is 2.74. The topological polar surface area (TPSA) is 75.4 Å². The van der Waals surface area contributed by atoms with E-state index in [0.717, 1.165) is 12.8 Å². The van der Waals surface area contributed by atoms with E-state index in [-0.39, 0.29) is 23.4 Å². The number of aliphatic carboxylic acids is 1. The Labute approximate surface area is 124 Å². The van der Waals surface area contributed by atoms with E-state index in [9.17, 15) is 9.59 Å². The minimum absolute atomic E-state index is 0.0818. The van der Waals surface area contributed by atoms with Crippen molar-refractivity contribution in [1.29, 1.82) is 0 Å². The molecule has 0 radical (unpaired) electrons. The van der Waals surface area contributed by atoms with Gasteiger partial charge in [-0.3, -0.25) is 9.59 Å². The van der Waals surface area contributed by atoms with Crippen molar-refractivity contribution in [1.82, 2.24) is 9.55 Å². The minimum Gasteiger partial charge on any atom is -0.481 e. The van der Waals surface area contributed by atoms with E-state index in [4.69, 9.17) is 5.11 Å². The molecular formula is C15H23N3O3. The summed E-state index contributed by atoms with van der Waals surface area (Å²) in [4.78, 5) is 29.5. The lowest BCUT2D eigenvalue weighted by atomic mass is 9.94. The fourth-order valence-corrected chi connectivity index (χ4v) is 2.74. The molecule has 0 saturated carbocycles. The van der Waals surface area contributed by atoms with Crippen molar-refractivity contribution in [3.63, 3.8) is 0 Å². The van der Waals surface area contributed by atoms with Crippen molar-refractivity contribution in [2.45, 2.75) is 45.6 Å². The highest BCUT2D eigenvalue weighted by Gasteiger charge is 2.25. The third-order valence-electron chi connectivity index (χ3n) is 3.92. The number of nitrogens with zero attached hydrogens (tertiary/aromatic N) is 3. The second-order valence-corrected chi connectivity index (χ2v) is 6.63. The molecule has 1 aromatic rings. The summed E-state index contributed by atoms with van der Waals surface area (Å²) in [6.07, 6.45) is 5.16. The zero-order chi connectivity index (χ0) is 15.6. The van der Waals surface area contributed by atoms with Crippen LogP contribution in [-0.4, -0.2) is 33.7 Å². The second kappa shape index (κ2) is 5.87. The van der Waals surface area contributed by atoms with Crippen LogP contribution in [0, 0.1) is 5.92 Å². The average molecular weight is 293 g/mol. The van der Waals surface area contributed by atoms with Crippen molar-refractivity contribution in [3.8, 4) is 0 Å². The molecule has 0 unspecified atom stereocenters. The van der Waals surface area contributed by atoms with E-state index < -0.39 is 5.97 Å². The molecule has 0 amide bonds. The Morgan fingerprint density at radius 1 is 1.38 bits per heavy atom. The quantitative estimate of drug-likeness (QED) is 0.918. The van der Waals surface area contributed by atoms with E-state index in [0.29, 0.717) is 18.9 Å². The molecule has 1 fully saturated rings. The minimum atomic E-state index is -0.749. The van der Waals surface area contributed by atoms with Gasteiger partial charge in [0.2, 0.25) is 0 Å². The van der Waals surface area contributed by atoms with Crippen molar-refractivity contribution in [2.24, 2.45) is 5.92 Å². The molecule has 21 heavy (non-hydrogen) atoms. The molecular weight excluding hydrogens is 270 g/mol. The predicted octanol–water partition coefficient (Wildman–Crippen LogP) is 1.69. The van der Waals surface area contributed by atoms with Crippen LogP contribution in [0.5, 0.6) is 0 Å². The van der Waals surface area contributed by atoms with Crippen LogP contribution in [-0.2, 0) is 10.3 Å². The standard InChI is InChI=1S/C15H23N3O3/c1-15(2,3)18-9-6-16-13(14(18)21)17-7-4-11(5-8-17)10-12(19)20/h6,9,11H,4-5,7-8,10H2,1-3H3,(H,19,20). The van der Waals surface area contributed by atoms with Gasteiger partial charge >= 0.3 is 5.97 Å². The first kappa shape index (κ1) is 15.5. The summed E-state index contributed by atoms with van der Waals surface area (Å²) in [6.45, 7) is 7.33. The SMILES string of the molecule is CC(C)(C)n1ccnc(N2CCC(CC(=O)O)CC2)c1=O. The van der Waals surface area contributed by atoms with Gasteiger partial charge in [-0.05, 0) is 39.5 Å². The number of aromatic nitrogens is 2. The molecule has 0 aromatic carbocycles. The average Bonchev–Trinajstić information content (AvgIpc) is 2.38. The monoisotopic (exact) mass is 293 g/mol.